The van der Waals surface area contributed by atoms with Crippen molar-refractivity contribution in [3.8, 4) is 16.9 Å². The number of rotatable bonds is 8. The zero-order valence-electron chi connectivity index (χ0n) is 19.1. The minimum absolute atomic E-state index is 0.204. The summed E-state index contributed by atoms with van der Waals surface area (Å²) in [5.41, 5.74) is 2.08. The molecule has 0 spiro atoms. The number of carbonyl (C=O) groups excluding carboxylic acids is 1. The maximum Gasteiger partial charge on any atom is 0.315 e. The topological polar surface area (TPSA) is 72.0 Å². The summed E-state index contributed by atoms with van der Waals surface area (Å²) in [6.07, 6.45) is 0.592. The summed E-state index contributed by atoms with van der Waals surface area (Å²) >= 11 is 0. The summed E-state index contributed by atoms with van der Waals surface area (Å²) in [6.45, 7) is 10.8. The number of nitrogens with one attached hydrogen (secondary N) is 2. The van der Waals surface area contributed by atoms with Gasteiger partial charge in [0.15, 0.2) is 5.60 Å². The Balaban J connectivity index is 1.52. The van der Waals surface area contributed by atoms with Gasteiger partial charge in [-0.1, -0.05) is 67.5 Å². The van der Waals surface area contributed by atoms with Crippen molar-refractivity contribution in [2.24, 2.45) is 11.1 Å². The van der Waals surface area contributed by atoms with Gasteiger partial charge in [-0.05, 0) is 38.3 Å². The lowest BCUT2D eigenvalue weighted by atomic mass is 9.91. The Morgan fingerprint density at radius 2 is 1.84 bits per heavy atom. The van der Waals surface area contributed by atoms with E-state index in [2.05, 4.69) is 41.8 Å². The van der Waals surface area contributed by atoms with Crippen molar-refractivity contribution in [1.82, 2.24) is 10.6 Å². The van der Waals surface area contributed by atoms with E-state index >= 15 is 0 Å². The summed E-state index contributed by atoms with van der Waals surface area (Å²) < 4.78 is 6.08. The molecule has 166 valence electrons. The molecule has 3 rings (SSSR count). The fourth-order valence-electron chi connectivity index (χ4n) is 3.20. The molecule has 0 aliphatic carbocycles. The fourth-order valence-corrected chi connectivity index (χ4v) is 3.20. The van der Waals surface area contributed by atoms with Crippen LogP contribution in [0.5, 0.6) is 5.75 Å². The largest absolute Gasteiger partial charge is 0.487 e. The predicted octanol–water partition coefficient (Wildman–Crippen LogP) is 5.00. The van der Waals surface area contributed by atoms with E-state index in [0.29, 0.717) is 25.5 Å². The van der Waals surface area contributed by atoms with E-state index in [-0.39, 0.29) is 11.6 Å². The van der Waals surface area contributed by atoms with Gasteiger partial charge in [0.2, 0.25) is 0 Å². The van der Waals surface area contributed by atoms with Gasteiger partial charge in [-0.25, -0.2) is 4.79 Å². The average Bonchev–Trinajstić information content (AvgIpc) is 3.13. The van der Waals surface area contributed by atoms with E-state index in [0.717, 1.165) is 22.6 Å². The van der Waals surface area contributed by atoms with Crippen molar-refractivity contribution >= 4 is 11.7 Å². The van der Waals surface area contributed by atoms with Crippen molar-refractivity contribution in [3.05, 3.63) is 54.6 Å². The molecular weight excluding hydrogens is 390 g/mol. The van der Waals surface area contributed by atoms with Crippen LogP contribution in [0.2, 0.25) is 0 Å². The molecule has 6 nitrogen and oxygen atoms in total. The van der Waals surface area contributed by atoms with Crippen molar-refractivity contribution in [3.63, 3.8) is 0 Å². The van der Waals surface area contributed by atoms with Crippen LogP contribution in [0.1, 0.15) is 41.0 Å². The molecule has 0 aromatic heterocycles. The SMILES string of the molecule is CC(C)C(C)(C)NC(=O)NCC1(C)CC(COc2ccccc2-c2ccccc2)=NO1. The molecule has 31 heavy (non-hydrogen) atoms. The lowest BCUT2D eigenvalue weighted by Gasteiger charge is -2.31. The molecule has 6 heteroatoms. The van der Waals surface area contributed by atoms with Gasteiger partial charge in [0.25, 0.3) is 0 Å². The summed E-state index contributed by atoms with van der Waals surface area (Å²) in [5.74, 6) is 1.13. The number of ether oxygens (including phenoxy) is 1. The van der Waals surface area contributed by atoms with Crippen LogP contribution in [0.4, 0.5) is 4.79 Å². The first-order valence-electron chi connectivity index (χ1n) is 10.8. The van der Waals surface area contributed by atoms with Crippen molar-refractivity contribution in [1.29, 1.82) is 0 Å². The fraction of sp³-hybridized carbons (Fsp3) is 0.440. The smallest absolute Gasteiger partial charge is 0.315 e. The number of hydrogen-bond donors (Lipinski definition) is 2. The molecule has 1 aliphatic rings. The molecule has 0 saturated carbocycles. The van der Waals surface area contributed by atoms with Crippen LogP contribution in [0.25, 0.3) is 11.1 Å². The maximum atomic E-state index is 12.3. The zero-order valence-corrected chi connectivity index (χ0v) is 19.1. The maximum absolute atomic E-state index is 12.3. The first-order chi connectivity index (χ1) is 14.7. The number of hydrogen-bond acceptors (Lipinski definition) is 4. The van der Waals surface area contributed by atoms with Crippen molar-refractivity contribution in [2.45, 2.75) is 52.2 Å². The Labute approximate surface area is 185 Å². The first-order valence-corrected chi connectivity index (χ1v) is 10.8. The Morgan fingerprint density at radius 1 is 1.16 bits per heavy atom. The van der Waals surface area contributed by atoms with Crippen LogP contribution in [0, 0.1) is 5.92 Å². The molecule has 0 saturated heterocycles. The molecule has 2 amide bonds. The van der Waals surface area contributed by atoms with Gasteiger partial charge in [0, 0.05) is 17.5 Å². The molecule has 1 aliphatic heterocycles. The van der Waals surface area contributed by atoms with Crippen molar-refractivity contribution < 1.29 is 14.4 Å². The number of urea groups is 1. The Hall–Kier alpha value is -3.02. The normalized spacial score (nSPS) is 18.3. The Morgan fingerprint density at radius 3 is 2.55 bits per heavy atom. The third-order valence-corrected chi connectivity index (χ3v) is 5.84. The molecule has 0 radical (unpaired) electrons. The van der Waals surface area contributed by atoms with E-state index in [1.165, 1.54) is 0 Å². The molecule has 1 heterocycles. The van der Waals surface area contributed by atoms with Gasteiger partial charge in [-0.3, -0.25) is 0 Å². The van der Waals surface area contributed by atoms with Gasteiger partial charge in [-0.15, -0.1) is 0 Å². The molecule has 2 aromatic carbocycles. The van der Waals surface area contributed by atoms with Crippen LogP contribution in [-0.2, 0) is 4.84 Å². The minimum atomic E-state index is -0.586. The molecule has 2 aromatic rings. The van der Waals surface area contributed by atoms with Gasteiger partial charge in [-0.2, -0.15) is 0 Å². The highest BCUT2D eigenvalue weighted by Crippen LogP contribution is 2.30. The van der Waals surface area contributed by atoms with E-state index in [9.17, 15) is 4.79 Å². The number of amides is 2. The monoisotopic (exact) mass is 423 g/mol. The lowest BCUT2D eigenvalue weighted by Crippen LogP contribution is -2.53. The molecular formula is C25H33N3O3. The molecule has 1 atom stereocenters. The quantitative estimate of drug-likeness (QED) is 0.627. The van der Waals surface area contributed by atoms with E-state index in [1.54, 1.807) is 0 Å². The molecule has 2 N–H and O–H groups in total. The average molecular weight is 424 g/mol. The predicted molar refractivity (Wildman–Crippen MR) is 124 cm³/mol. The number of benzene rings is 2. The Bertz CT molecular complexity index is 925. The van der Waals surface area contributed by atoms with Crippen LogP contribution >= 0.6 is 0 Å². The number of oxime groups is 1. The second kappa shape index (κ2) is 9.41. The second-order valence-electron chi connectivity index (χ2n) is 9.21. The number of nitrogens with zero attached hydrogens (tertiary/aromatic N) is 1. The number of para-hydroxylation sites is 1. The molecule has 0 bridgehead atoms. The highest BCUT2D eigenvalue weighted by molar-refractivity contribution is 5.88. The van der Waals surface area contributed by atoms with Crippen LogP contribution in [0.3, 0.4) is 0 Å². The summed E-state index contributed by atoms with van der Waals surface area (Å²) in [4.78, 5) is 17.9. The van der Waals surface area contributed by atoms with Gasteiger partial charge in [0.05, 0.1) is 12.3 Å². The second-order valence-corrected chi connectivity index (χ2v) is 9.21. The number of carbonyl (C=O) groups is 1. The standard InChI is InChI=1S/C25H33N3O3/c1-18(2)24(3,4)27-23(29)26-17-25(5)15-20(28-31-25)16-30-22-14-10-9-13-21(22)19-11-7-6-8-12-19/h6-14,18H,15-17H2,1-5H3,(H2,26,27,29). The van der Waals surface area contributed by atoms with Crippen LogP contribution < -0.4 is 15.4 Å². The van der Waals surface area contributed by atoms with Crippen molar-refractivity contribution in [2.75, 3.05) is 13.2 Å². The first kappa shape index (κ1) is 22.7. The van der Waals surface area contributed by atoms with Gasteiger partial charge in [0.1, 0.15) is 12.4 Å². The van der Waals surface area contributed by atoms with E-state index in [1.807, 2.05) is 63.2 Å². The molecule has 0 fully saturated rings. The summed E-state index contributed by atoms with van der Waals surface area (Å²) in [5, 5.41) is 10.1. The van der Waals surface area contributed by atoms with E-state index < -0.39 is 5.60 Å². The third-order valence-electron chi connectivity index (χ3n) is 5.84. The van der Waals surface area contributed by atoms with E-state index in [4.69, 9.17) is 9.57 Å². The van der Waals surface area contributed by atoms with Gasteiger partial charge >= 0.3 is 6.03 Å². The van der Waals surface area contributed by atoms with Crippen LogP contribution in [0.15, 0.2) is 59.8 Å². The minimum Gasteiger partial charge on any atom is -0.487 e. The third kappa shape index (κ3) is 6.00. The summed E-state index contributed by atoms with van der Waals surface area (Å²) in [7, 11) is 0. The highest BCUT2D eigenvalue weighted by atomic mass is 16.7. The zero-order chi connectivity index (χ0) is 22.5. The van der Waals surface area contributed by atoms with Gasteiger partial charge < -0.3 is 20.2 Å². The summed E-state index contributed by atoms with van der Waals surface area (Å²) in [6, 6.07) is 17.9. The lowest BCUT2D eigenvalue weighted by molar-refractivity contribution is -0.000581. The van der Waals surface area contributed by atoms with Crippen LogP contribution in [-0.4, -0.2) is 36.0 Å². The highest BCUT2D eigenvalue weighted by Gasteiger charge is 2.35. The Kier molecular flexibility index (Phi) is 6.88. The molecule has 1 unspecified atom stereocenters.